The van der Waals surface area contributed by atoms with E-state index < -0.39 is 11.9 Å². The number of methoxy groups -OCH3 is 1. The summed E-state index contributed by atoms with van der Waals surface area (Å²) in [7, 11) is 1.55. The Bertz CT molecular complexity index is 861. The van der Waals surface area contributed by atoms with E-state index in [2.05, 4.69) is 0 Å². The third-order valence-corrected chi connectivity index (χ3v) is 4.30. The maximum atomic E-state index is 12.5. The van der Waals surface area contributed by atoms with Crippen molar-refractivity contribution in [1.82, 2.24) is 0 Å². The number of benzene rings is 2. The maximum absolute atomic E-state index is 12.5. The molecule has 3 rings (SSSR count). The van der Waals surface area contributed by atoms with Crippen LogP contribution in [-0.2, 0) is 9.59 Å². The number of carbonyl (C=O) groups is 3. The van der Waals surface area contributed by atoms with Crippen LogP contribution in [0.5, 0.6) is 11.5 Å². The van der Waals surface area contributed by atoms with Gasteiger partial charge < -0.3 is 14.4 Å². The van der Waals surface area contributed by atoms with Crippen LogP contribution < -0.4 is 14.4 Å². The van der Waals surface area contributed by atoms with Crippen LogP contribution in [0.3, 0.4) is 0 Å². The fourth-order valence-corrected chi connectivity index (χ4v) is 2.93. The summed E-state index contributed by atoms with van der Waals surface area (Å²) in [5, 5.41) is 0. The number of ketones is 1. The molecule has 1 saturated heterocycles. The Labute approximate surface area is 151 Å². The van der Waals surface area contributed by atoms with Crippen LogP contribution in [0.4, 0.5) is 5.69 Å². The van der Waals surface area contributed by atoms with Gasteiger partial charge in [0.15, 0.2) is 5.78 Å². The minimum Gasteiger partial charge on any atom is -0.497 e. The molecule has 0 saturated carbocycles. The number of hydrogen-bond acceptors (Lipinski definition) is 5. The number of anilines is 1. The van der Waals surface area contributed by atoms with E-state index in [4.69, 9.17) is 9.47 Å². The standard InChI is InChI=1S/C20H19NO5/c1-13(22)17-8-3-4-9-18(17)26-20(24)14-10-19(23)21(12-14)15-6-5-7-16(11-15)25-2/h3-9,11,14H,10,12H2,1-2H3/t14-/m0/s1. The van der Waals surface area contributed by atoms with Gasteiger partial charge in [-0.2, -0.15) is 0 Å². The second-order valence-corrected chi connectivity index (χ2v) is 6.08. The molecule has 6 heteroatoms. The number of esters is 1. The second-order valence-electron chi connectivity index (χ2n) is 6.08. The van der Waals surface area contributed by atoms with E-state index in [1.807, 2.05) is 0 Å². The number of nitrogens with zero attached hydrogens (tertiary/aromatic N) is 1. The van der Waals surface area contributed by atoms with Crippen molar-refractivity contribution < 1.29 is 23.9 Å². The fourth-order valence-electron chi connectivity index (χ4n) is 2.93. The van der Waals surface area contributed by atoms with Gasteiger partial charge in [0, 0.05) is 24.7 Å². The van der Waals surface area contributed by atoms with Crippen molar-refractivity contribution >= 4 is 23.3 Å². The van der Waals surface area contributed by atoms with Crippen LogP contribution in [0.2, 0.25) is 0 Å². The molecular weight excluding hydrogens is 334 g/mol. The van der Waals surface area contributed by atoms with Crippen LogP contribution >= 0.6 is 0 Å². The molecule has 2 aromatic rings. The third-order valence-electron chi connectivity index (χ3n) is 4.30. The minimum atomic E-state index is -0.589. The van der Waals surface area contributed by atoms with Crippen LogP contribution in [0, 0.1) is 5.92 Å². The van der Waals surface area contributed by atoms with Gasteiger partial charge in [-0.25, -0.2) is 0 Å². The Morgan fingerprint density at radius 3 is 2.62 bits per heavy atom. The Morgan fingerprint density at radius 2 is 1.88 bits per heavy atom. The topological polar surface area (TPSA) is 72.9 Å². The molecule has 1 aliphatic rings. The molecule has 0 unspecified atom stereocenters. The molecule has 0 aromatic heterocycles. The Hall–Kier alpha value is -3.15. The maximum Gasteiger partial charge on any atom is 0.316 e. The van der Waals surface area contributed by atoms with Gasteiger partial charge in [0.05, 0.1) is 18.6 Å². The number of amides is 1. The molecule has 2 aromatic carbocycles. The van der Waals surface area contributed by atoms with Crippen molar-refractivity contribution in [3.63, 3.8) is 0 Å². The molecule has 1 fully saturated rings. The summed E-state index contributed by atoms with van der Waals surface area (Å²) in [5.41, 5.74) is 1.02. The van der Waals surface area contributed by atoms with Crippen molar-refractivity contribution in [3.05, 3.63) is 54.1 Å². The van der Waals surface area contributed by atoms with E-state index in [9.17, 15) is 14.4 Å². The molecule has 0 aliphatic carbocycles. The summed E-state index contributed by atoms with van der Waals surface area (Å²) in [4.78, 5) is 38.0. The number of Topliss-reactive ketones (excluding diaryl/α,β-unsaturated/α-hetero) is 1. The monoisotopic (exact) mass is 353 g/mol. The van der Waals surface area contributed by atoms with Crippen molar-refractivity contribution in [2.24, 2.45) is 5.92 Å². The molecule has 1 heterocycles. The molecular formula is C20H19NO5. The Balaban J connectivity index is 1.74. The van der Waals surface area contributed by atoms with Gasteiger partial charge in [-0.3, -0.25) is 14.4 Å². The van der Waals surface area contributed by atoms with Crippen molar-refractivity contribution in [1.29, 1.82) is 0 Å². The van der Waals surface area contributed by atoms with Crippen LogP contribution in [0.25, 0.3) is 0 Å². The lowest BCUT2D eigenvalue weighted by Gasteiger charge is -2.17. The first-order valence-electron chi connectivity index (χ1n) is 8.25. The van der Waals surface area contributed by atoms with Gasteiger partial charge in [0.25, 0.3) is 0 Å². The predicted octanol–water partition coefficient (Wildman–Crippen LogP) is 2.86. The summed E-state index contributed by atoms with van der Waals surface area (Å²) in [6.45, 7) is 1.64. The molecule has 1 amide bonds. The molecule has 0 radical (unpaired) electrons. The summed E-state index contributed by atoms with van der Waals surface area (Å²) in [6, 6.07) is 13.7. The summed E-state index contributed by atoms with van der Waals surface area (Å²) in [5.74, 6) is -0.589. The summed E-state index contributed by atoms with van der Waals surface area (Å²) < 4.78 is 10.6. The summed E-state index contributed by atoms with van der Waals surface area (Å²) in [6.07, 6.45) is 0.0677. The molecule has 1 aliphatic heterocycles. The first-order chi connectivity index (χ1) is 12.5. The average Bonchev–Trinajstić information content (AvgIpc) is 3.04. The Kier molecular flexibility index (Phi) is 5.02. The van der Waals surface area contributed by atoms with Gasteiger partial charge in [-0.05, 0) is 31.2 Å². The number of carbonyl (C=O) groups excluding carboxylic acids is 3. The van der Waals surface area contributed by atoms with E-state index in [1.54, 1.807) is 60.5 Å². The van der Waals surface area contributed by atoms with Gasteiger partial charge in [-0.1, -0.05) is 18.2 Å². The molecule has 134 valence electrons. The number of rotatable bonds is 5. The number of ether oxygens (including phenoxy) is 2. The van der Waals surface area contributed by atoms with Gasteiger partial charge in [-0.15, -0.1) is 0 Å². The van der Waals surface area contributed by atoms with E-state index >= 15 is 0 Å². The highest BCUT2D eigenvalue weighted by Gasteiger charge is 2.36. The van der Waals surface area contributed by atoms with Crippen LogP contribution in [0.15, 0.2) is 48.5 Å². The SMILES string of the molecule is COc1cccc(N2C[C@@H](C(=O)Oc3ccccc3C(C)=O)CC2=O)c1. The van der Waals surface area contributed by atoms with Crippen molar-refractivity contribution in [2.45, 2.75) is 13.3 Å². The first kappa shape index (κ1) is 17.7. The second kappa shape index (κ2) is 7.39. The van der Waals surface area contributed by atoms with E-state index in [-0.39, 0.29) is 30.4 Å². The lowest BCUT2D eigenvalue weighted by atomic mass is 10.1. The zero-order valence-electron chi connectivity index (χ0n) is 14.6. The zero-order chi connectivity index (χ0) is 18.7. The lowest BCUT2D eigenvalue weighted by Crippen LogP contribution is -2.27. The molecule has 6 nitrogen and oxygen atoms in total. The highest BCUT2D eigenvalue weighted by molar-refractivity contribution is 6.01. The average molecular weight is 353 g/mol. The largest absolute Gasteiger partial charge is 0.497 e. The number of para-hydroxylation sites is 1. The normalized spacial score (nSPS) is 16.5. The quantitative estimate of drug-likeness (QED) is 0.469. The van der Waals surface area contributed by atoms with E-state index in [0.717, 1.165) is 0 Å². The van der Waals surface area contributed by atoms with E-state index in [0.29, 0.717) is 17.0 Å². The molecule has 26 heavy (non-hydrogen) atoms. The van der Waals surface area contributed by atoms with Crippen LogP contribution in [-0.4, -0.2) is 31.3 Å². The molecule has 0 spiro atoms. The predicted molar refractivity (Wildman–Crippen MR) is 95.5 cm³/mol. The minimum absolute atomic E-state index is 0.0677. The molecule has 0 bridgehead atoms. The Morgan fingerprint density at radius 1 is 1.12 bits per heavy atom. The van der Waals surface area contributed by atoms with Gasteiger partial charge in [0.2, 0.25) is 5.91 Å². The first-order valence-corrected chi connectivity index (χ1v) is 8.25. The zero-order valence-corrected chi connectivity index (χ0v) is 14.6. The smallest absolute Gasteiger partial charge is 0.316 e. The van der Waals surface area contributed by atoms with Crippen LogP contribution in [0.1, 0.15) is 23.7 Å². The van der Waals surface area contributed by atoms with E-state index in [1.165, 1.54) is 6.92 Å². The van der Waals surface area contributed by atoms with Gasteiger partial charge in [0.1, 0.15) is 11.5 Å². The fraction of sp³-hybridized carbons (Fsp3) is 0.250. The third kappa shape index (κ3) is 3.59. The number of hydrogen-bond donors (Lipinski definition) is 0. The van der Waals surface area contributed by atoms with Crippen molar-refractivity contribution in [3.8, 4) is 11.5 Å². The van der Waals surface area contributed by atoms with Gasteiger partial charge >= 0.3 is 5.97 Å². The lowest BCUT2D eigenvalue weighted by molar-refractivity contribution is -0.139. The highest BCUT2D eigenvalue weighted by Crippen LogP contribution is 2.29. The van der Waals surface area contributed by atoms with Crippen molar-refractivity contribution in [2.75, 3.05) is 18.6 Å². The summed E-state index contributed by atoms with van der Waals surface area (Å²) >= 11 is 0. The molecule has 0 N–H and O–H groups in total. The molecule has 1 atom stereocenters. The highest BCUT2D eigenvalue weighted by atomic mass is 16.5.